The van der Waals surface area contributed by atoms with Crippen molar-refractivity contribution in [3.05, 3.63) is 84.2 Å². The molecule has 0 aromatic heterocycles. The molecule has 0 spiro atoms. The Morgan fingerprint density at radius 3 is 2.07 bits per heavy atom. The number of benzene rings is 3. The number of methoxy groups -OCH3 is 1. The maximum absolute atomic E-state index is 13.7. The smallest absolute Gasteiger partial charge is 0.346 e. The van der Waals surface area contributed by atoms with Gasteiger partial charge >= 0.3 is 5.97 Å². The lowest BCUT2D eigenvalue weighted by molar-refractivity contribution is 0.0730. The minimum atomic E-state index is -3.78. The maximum Gasteiger partial charge on any atom is 0.346 e. The van der Waals surface area contributed by atoms with Crippen LogP contribution in [0.25, 0.3) is 0 Å². The van der Waals surface area contributed by atoms with Gasteiger partial charge in [0.2, 0.25) is 0 Å². The molecule has 29 heavy (non-hydrogen) atoms. The highest BCUT2D eigenvalue weighted by Crippen LogP contribution is 2.26. The van der Waals surface area contributed by atoms with Gasteiger partial charge in [-0.3, -0.25) is 4.31 Å². The monoisotopic (exact) mass is 415 g/mol. The number of carbonyl (C=O) groups excluding carboxylic acids is 1. The number of ether oxygens (including phenoxy) is 2. The van der Waals surface area contributed by atoms with Gasteiger partial charge in [-0.05, 0) is 60.7 Å². The van der Waals surface area contributed by atoms with Gasteiger partial charge < -0.3 is 9.47 Å². The molecule has 0 heterocycles. The van der Waals surface area contributed by atoms with Crippen LogP contribution in [-0.2, 0) is 10.0 Å². The Bertz CT molecular complexity index is 1110. The molecule has 3 aromatic rings. The Hall–Kier alpha value is -3.39. The molecule has 0 saturated heterocycles. The lowest BCUT2D eigenvalue weighted by Crippen LogP contribution is -2.26. The quantitative estimate of drug-likeness (QED) is 0.451. The highest BCUT2D eigenvalue weighted by molar-refractivity contribution is 7.92. The van der Waals surface area contributed by atoms with Crippen molar-refractivity contribution in [1.29, 1.82) is 0 Å². The van der Waals surface area contributed by atoms with Gasteiger partial charge in [0.25, 0.3) is 10.0 Å². The molecule has 0 N–H and O–H groups in total. The zero-order chi connectivity index (χ0) is 21.0. The Morgan fingerprint density at radius 1 is 0.897 bits per heavy atom. The summed E-state index contributed by atoms with van der Waals surface area (Å²) in [6, 6.07) is 17.4. The Labute approximate surface area is 168 Å². The first kappa shape index (κ1) is 20.3. The molecular formula is C21H18FNO5S. The Balaban J connectivity index is 1.76. The van der Waals surface area contributed by atoms with E-state index in [-0.39, 0.29) is 16.2 Å². The van der Waals surface area contributed by atoms with Crippen molar-refractivity contribution in [2.24, 2.45) is 0 Å². The summed E-state index contributed by atoms with van der Waals surface area (Å²) in [5.41, 5.74) is 0.183. The SMILES string of the molecule is COc1ccc(S(=O)(=O)N(C)c2ccc(OC(=O)c3ccccc3F)cc2)cc1. The maximum atomic E-state index is 13.7. The van der Waals surface area contributed by atoms with Crippen LogP contribution in [0.2, 0.25) is 0 Å². The van der Waals surface area contributed by atoms with Crippen molar-refractivity contribution in [3.63, 3.8) is 0 Å². The normalized spacial score (nSPS) is 11.0. The molecule has 0 aliphatic carbocycles. The predicted octanol–water partition coefficient (Wildman–Crippen LogP) is 3.88. The molecule has 0 aliphatic heterocycles. The number of hydrogen-bond donors (Lipinski definition) is 0. The lowest BCUT2D eigenvalue weighted by atomic mass is 10.2. The highest BCUT2D eigenvalue weighted by atomic mass is 32.2. The minimum Gasteiger partial charge on any atom is -0.497 e. The van der Waals surface area contributed by atoms with E-state index >= 15 is 0 Å². The van der Waals surface area contributed by atoms with Crippen LogP contribution in [0.4, 0.5) is 10.1 Å². The number of esters is 1. The fourth-order valence-corrected chi connectivity index (χ4v) is 3.75. The molecule has 0 saturated carbocycles. The standard InChI is InChI=1S/C21H18FNO5S/c1-23(29(25,26)18-13-11-16(27-2)12-14-18)15-7-9-17(10-8-15)28-21(24)19-5-3-4-6-20(19)22/h3-14H,1-2H3. The third-order valence-electron chi connectivity index (χ3n) is 4.22. The number of halogens is 1. The average Bonchev–Trinajstić information content (AvgIpc) is 2.74. The molecule has 0 amide bonds. The number of hydrogen-bond acceptors (Lipinski definition) is 5. The van der Waals surface area contributed by atoms with Crippen LogP contribution in [0.3, 0.4) is 0 Å². The van der Waals surface area contributed by atoms with Gasteiger partial charge in [-0.2, -0.15) is 0 Å². The lowest BCUT2D eigenvalue weighted by Gasteiger charge is -2.20. The van der Waals surface area contributed by atoms with Crippen LogP contribution in [0, 0.1) is 5.82 Å². The van der Waals surface area contributed by atoms with E-state index in [4.69, 9.17) is 9.47 Å². The summed E-state index contributed by atoms with van der Waals surface area (Å²) in [4.78, 5) is 12.2. The van der Waals surface area contributed by atoms with Crippen molar-refractivity contribution >= 4 is 21.7 Å². The molecular weight excluding hydrogens is 397 g/mol. The third-order valence-corrected chi connectivity index (χ3v) is 6.02. The molecule has 3 aromatic carbocycles. The van der Waals surface area contributed by atoms with Gasteiger partial charge in [0.15, 0.2) is 0 Å². The summed E-state index contributed by atoms with van der Waals surface area (Å²) in [5.74, 6) is -0.806. The minimum absolute atomic E-state index is 0.107. The van der Waals surface area contributed by atoms with Crippen molar-refractivity contribution in [1.82, 2.24) is 0 Å². The van der Waals surface area contributed by atoms with E-state index in [1.165, 1.54) is 74.8 Å². The summed E-state index contributed by atoms with van der Waals surface area (Å²) >= 11 is 0. The molecule has 0 fully saturated rings. The Kier molecular flexibility index (Phi) is 5.84. The number of nitrogens with zero attached hydrogens (tertiary/aromatic N) is 1. The number of anilines is 1. The second-order valence-corrected chi connectivity index (χ2v) is 7.98. The van der Waals surface area contributed by atoms with E-state index in [1.807, 2.05) is 0 Å². The van der Waals surface area contributed by atoms with Gasteiger partial charge in [0.1, 0.15) is 17.3 Å². The van der Waals surface area contributed by atoms with Crippen LogP contribution < -0.4 is 13.8 Å². The fourth-order valence-electron chi connectivity index (χ4n) is 2.56. The molecule has 0 aliphatic rings. The zero-order valence-corrected chi connectivity index (χ0v) is 16.5. The van der Waals surface area contributed by atoms with Gasteiger partial charge in [-0.15, -0.1) is 0 Å². The van der Waals surface area contributed by atoms with Crippen molar-refractivity contribution < 1.29 is 27.1 Å². The largest absolute Gasteiger partial charge is 0.497 e. The topological polar surface area (TPSA) is 72.9 Å². The van der Waals surface area contributed by atoms with E-state index < -0.39 is 21.8 Å². The van der Waals surface area contributed by atoms with Crippen molar-refractivity contribution in [2.45, 2.75) is 4.90 Å². The first-order valence-corrected chi connectivity index (χ1v) is 9.96. The molecule has 0 bridgehead atoms. The van der Waals surface area contributed by atoms with Gasteiger partial charge in [-0.25, -0.2) is 17.6 Å². The van der Waals surface area contributed by atoms with Crippen LogP contribution in [0.5, 0.6) is 11.5 Å². The van der Waals surface area contributed by atoms with E-state index in [0.717, 1.165) is 4.31 Å². The molecule has 0 unspecified atom stereocenters. The number of rotatable bonds is 6. The number of carbonyl (C=O) groups is 1. The predicted molar refractivity (Wildman–Crippen MR) is 106 cm³/mol. The van der Waals surface area contributed by atoms with Crippen LogP contribution in [-0.4, -0.2) is 28.5 Å². The zero-order valence-electron chi connectivity index (χ0n) is 15.7. The first-order chi connectivity index (χ1) is 13.8. The average molecular weight is 415 g/mol. The molecule has 0 radical (unpaired) electrons. The summed E-state index contributed by atoms with van der Waals surface area (Å²) < 4.78 is 50.5. The third kappa shape index (κ3) is 4.38. The molecule has 0 atom stereocenters. The molecule has 3 rings (SSSR count). The summed E-state index contributed by atoms with van der Waals surface area (Å²) in [6.07, 6.45) is 0. The second kappa shape index (κ2) is 8.32. The number of sulfonamides is 1. The van der Waals surface area contributed by atoms with E-state index in [1.54, 1.807) is 12.1 Å². The van der Waals surface area contributed by atoms with E-state index in [9.17, 15) is 17.6 Å². The molecule has 6 nitrogen and oxygen atoms in total. The van der Waals surface area contributed by atoms with Crippen LogP contribution in [0.15, 0.2) is 77.7 Å². The van der Waals surface area contributed by atoms with E-state index in [0.29, 0.717) is 11.4 Å². The van der Waals surface area contributed by atoms with Gasteiger partial charge in [0.05, 0.1) is 23.3 Å². The highest BCUT2D eigenvalue weighted by Gasteiger charge is 2.21. The summed E-state index contributed by atoms with van der Waals surface area (Å²) in [7, 11) is -0.868. The van der Waals surface area contributed by atoms with Crippen molar-refractivity contribution in [2.75, 3.05) is 18.5 Å². The second-order valence-electron chi connectivity index (χ2n) is 6.01. The van der Waals surface area contributed by atoms with Crippen LogP contribution in [0.1, 0.15) is 10.4 Å². The van der Waals surface area contributed by atoms with Crippen LogP contribution >= 0.6 is 0 Å². The molecule has 8 heteroatoms. The Morgan fingerprint density at radius 2 is 1.48 bits per heavy atom. The van der Waals surface area contributed by atoms with Gasteiger partial charge in [0, 0.05) is 7.05 Å². The summed E-state index contributed by atoms with van der Waals surface area (Å²) in [6.45, 7) is 0. The van der Waals surface area contributed by atoms with Crippen molar-refractivity contribution in [3.8, 4) is 11.5 Å². The first-order valence-electron chi connectivity index (χ1n) is 8.52. The summed E-state index contributed by atoms with van der Waals surface area (Å²) in [5, 5.41) is 0. The van der Waals surface area contributed by atoms with E-state index in [2.05, 4.69) is 0 Å². The van der Waals surface area contributed by atoms with Gasteiger partial charge in [-0.1, -0.05) is 12.1 Å². The fraction of sp³-hybridized carbons (Fsp3) is 0.0952. The molecule has 150 valence electrons.